The average Bonchev–Trinajstić information content (AvgIpc) is 3.29. The molecule has 0 spiro atoms. The maximum atomic E-state index is 12.1. The second-order valence-corrected chi connectivity index (χ2v) is 5.58. The molecular formula is C16H25N3O2. The van der Waals surface area contributed by atoms with Crippen molar-refractivity contribution in [2.45, 2.75) is 32.2 Å². The zero-order valence-corrected chi connectivity index (χ0v) is 12.9. The van der Waals surface area contributed by atoms with Crippen LogP contribution in [-0.2, 0) is 9.53 Å². The molecule has 116 valence electrons. The second-order valence-electron chi connectivity index (χ2n) is 5.58. The van der Waals surface area contributed by atoms with Gasteiger partial charge in [-0.25, -0.2) is 0 Å². The van der Waals surface area contributed by atoms with E-state index in [2.05, 4.69) is 10.2 Å². The lowest BCUT2D eigenvalue weighted by molar-refractivity contribution is -0.116. The van der Waals surface area contributed by atoms with Crippen molar-refractivity contribution in [3.63, 3.8) is 0 Å². The van der Waals surface area contributed by atoms with Crippen molar-refractivity contribution in [1.29, 1.82) is 0 Å². The minimum absolute atomic E-state index is 0.0340. The number of hydrogen-bond donors (Lipinski definition) is 2. The minimum atomic E-state index is 0.0340. The predicted octanol–water partition coefficient (Wildman–Crippen LogP) is 2.02. The Morgan fingerprint density at radius 2 is 2.19 bits per heavy atom. The third-order valence-electron chi connectivity index (χ3n) is 3.92. The summed E-state index contributed by atoms with van der Waals surface area (Å²) in [6, 6.07) is 6.21. The first-order valence-corrected chi connectivity index (χ1v) is 7.49. The molecule has 0 bridgehead atoms. The Morgan fingerprint density at radius 3 is 2.86 bits per heavy atom. The number of hydrogen-bond acceptors (Lipinski definition) is 4. The number of carbonyl (C=O) groups excluding carboxylic acids is 1. The summed E-state index contributed by atoms with van der Waals surface area (Å²) < 4.78 is 5.13. The average molecular weight is 291 g/mol. The summed E-state index contributed by atoms with van der Waals surface area (Å²) in [6.07, 6.45) is 2.97. The zero-order chi connectivity index (χ0) is 15.2. The highest BCUT2D eigenvalue weighted by Gasteiger charge is 2.28. The fourth-order valence-corrected chi connectivity index (χ4v) is 2.37. The van der Waals surface area contributed by atoms with Crippen LogP contribution in [0.15, 0.2) is 18.2 Å². The second kappa shape index (κ2) is 7.43. The fourth-order valence-electron chi connectivity index (χ4n) is 2.37. The van der Waals surface area contributed by atoms with E-state index in [1.807, 2.05) is 25.1 Å². The van der Waals surface area contributed by atoms with Gasteiger partial charge in [0.15, 0.2) is 0 Å². The molecule has 1 aliphatic rings. The van der Waals surface area contributed by atoms with Crippen molar-refractivity contribution in [2.75, 3.05) is 37.9 Å². The molecule has 2 rings (SSSR count). The van der Waals surface area contributed by atoms with Crippen LogP contribution in [0.5, 0.6) is 0 Å². The predicted molar refractivity (Wildman–Crippen MR) is 85.3 cm³/mol. The molecule has 21 heavy (non-hydrogen) atoms. The Kier molecular flexibility index (Phi) is 5.59. The third-order valence-corrected chi connectivity index (χ3v) is 3.92. The standard InChI is InChI=1S/C16H25N3O2/c1-12-14(17)4-3-5-15(12)18-16(20)8-9-19(10-11-21-2)13-6-7-13/h3-5,13H,6-11,17H2,1-2H3,(H,18,20). The third kappa shape index (κ3) is 4.72. The number of nitrogens with one attached hydrogen (secondary N) is 1. The van der Waals surface area contributed by atoms with Crippen LogP contribution < -0.4 is 11.1 Å². The van der Waals surface area contributed by atoms with E-state index >= 15 is 0 Å². The largest absolute Gasteiger partial charge is 0.398 e. The lowest BCUT2D eigenvalue weighted by atomic mass is 10.1. The summed E-state index contributed by atoms with van der Waals surface area (Å²) in [4.78, 5) is 14.4. The molecule has 1 aliphatic carbocycles. The first-order valence-electron chi connectivity index (χ1n) is 7.49. The Bertz CT molecular complexity index is 486. The van der Waals surface area contributed by atoms with Crippen molar-refractivity contribution in [1.82, 2.24) is 4.90 Å². The Labute approximate surface area is 126 Å². The molecule has 0 atom stereocenters. The molecule has 5 nitrogen and oxygen atoms in total. The van der Waals surface area contributed by atoms with E-state index in [0.717, 1.165) is 24.3 Å². The molecule has 0 saturated heterocycles. The van der Waals surface area contributed by atoms with Crippen LogP contribution in [0.2, 0.25) is 0 Å². The van der Waals surface area contributed by atoms with E-state index < -0.39 is 0 Å². The topological polar surface area (TPSA) is 67.6 Å². The monoisotopic (exact) mass is 291 g/mol. The zero-order valence-electron chi connectivity index (χ0n) is 12.9. The molecule has 0 heterocycles. The molecule has 1 amide bonds. The maximum absolute atomic E-state index is 12.1. The molecular weight excluding hydrogens is 266 g/mol. The number of benzene rings is 1. The van der Waals surface area contributed by atoms with Gasteiger partial charge in [0, 0.05) is 44.0 Å². The van der Waals surface area contributed by atoms with E-state index in [0.29, 0.717) is 24.8 Å². The first-order chi connectivity index (χ1) is 10.1. The van der Waals surface area contributed by atoms with Crippen LogP contribution >= 0.6 is 0 Å². The molecule has 5 heteroatoms. The number of amides is 1. The number of carbonyl (C=O) groups is 1. The molecule has 1 saturated carbocycles. The van der Waals surface area contributed by atoms with Crippen molar-refractivity contribution < 1.29 is 9.53 Å². The number of rotatable bonds is 8. The van der Waals surface area contributed by atoms with E-state index in [-0.39, 0.29) is 5.91 Å². The number of nitrogens with two attached hydrogens (primary N) is 1. The molecule has 1 aromatic carbocycles. The van der Waals surface area contributed by atoms with Gasteiger partial charge >= 0.3 is 0 Å². The van der Waals surface area contributed by atoms with Gasteiger partial charge in [0.05, 0.1) is 6.61 Å². The molecule has 0 radical (unpaired) electrons. The van der Waals surface area contributed by atoms with Gasteiger partial charge in [0.25, 0.3) is 0 Å². The van der Waals surface area contributed by atoms with Crippen LogP contribution in [0.1, 0.15) is 24.8 Å². The number of methoxy groups -OCH3 is 1. The Morgan fingerprint density at radius 1 is 1.43 bits per heavy atom. The summed E-state index contributed by atoms with van der Waals surface area (Å²) in [5, 5.41) is 2.94. The normalized spacial score (nSPS) is 14.4. The summed E-state index contributed by atoms with van der Waals surface area (Å²) in [5.41, 5.74) is 8.27. The van der Waals surface area contributed by atoms with Gasteiger partial charge in [-0.15, -0.1) is 0 Å². The van der Waals surface area contributed by atoms with Crippen LogP contribution in [0.4, 0.5) is 11.4 Å². The smallest absolute Gasteiger partial charge is 0.225 e. The summed E-state index contributed by atoms with van der Waals surface area (Å²) >= 11 is 0. The lowest BCUT2D eigenvalue weighted by Gasteiger charge is -2.21. The van der Waals surface area contributed by atoms with E-state index in [4.69, 9.17) is 10.5 Å². The van der Waals surface area contributed by atoms with Gasteiger partial charge in [-0.2, -0.15) is 0 Å². The molecule has 0 aromatic heterocycles. The van der Waals surface area contributed by atoms with E-state index in [1.165, 1.54) is 12.8 Å². The number of nitrogens with zero attached hydrogens (tertiary/aromatic N) is 1. The molecule has 1 fully saturated rings. The Balaban J connectivity index is 1.82. The highest BCUT2D eigenvalue weighted by Crippen LogP contribution is 2.26. The van der Waals surface area contributed by atoms with Gasteiger partial charge in [-0.3, -0.25) is 9.69 Å². The highest BCUT2D eigenvalue weighted by molar-refractivity contribution is 5.92. The minimum Gasteiger partial charge on any atom is -0.398 e. The van der Waals surface area contributed by atoms with Crippen LogP contribution in [0, 0.1) is 6.92 Å². The fraction of sp³-hybridized carbons (Fsp3) is 0.562. The molecule has 0 aliphatic heterocycles. The lowest BCUT2D eigenvalue weighted by Crippen LogP contribution is -2.32. The van der Waals surface area contributed by atoms with Gasteiger partial charge in [0.2, 0.25) is 5.91 Å². The number of anilines is 2. The van der Waals surface area contributed by atoms with Crippen molar-refractivity contribution in [3.05, 3.63) is 23.8 Å². The summed E-state index contributed by atoms with van der Waals surface area (Å²) in [6.45, 7) is 4.31. The molecule has 1 aromatic rings. The number of nitrogen functional groups attached to an aromatic ring is 1. The van der Waals surface area contributed by atoms with Gasteiger partial charge in [0.1, 0.15) is 0 Å². The van der Waals surface area contributed by atoms with Crippen LogP contribution in [0.25, 0.3) is 0 Å². The van der Waals surface area contributed by atoms with Crippen LogP contribution in [0.3, 0.4) is 0 Å². The highest BCUT2D eigenvalue weighted by atomic mass is 16.5. The molecule has 0 unspecified atom stereocenters. The Hall–Kier alpha value is -1.59. The van der Waals surface area contributed by atoms with Crippen LogP contribution in [-0.4, -0.2) is 43.7 Å². The summed E-state index contributed by atoms with van der Waals surface area (Å²) in [5.74, 6) is 0.0340. The van der Waals surface area contributed by atoms with Gasteiger partial charge < -0.3 is 15.8 Å². The van der Waals surface area contributed by atoms with Gasteiger partial charge in [-0.1, -0.05) is 6.07 Å². The van der Waals surface area contributed by atoms with E-state index in [1.54, 1.807) is 7.11 Å². The van der Waals surface area contributed by atoms with Gasteiger partial charge in [-0.05, 0) is 37.5 Å². The van der Waals surface area contributed by atoms with E-state index in [9.17, 15) is 4.79 Å². The summed E-state index contributed by atoms with van der Waals surface area (Å²) in [7, 11) is 1.71. The SMILES string of the molecule is COCCN(CCC(=O)Nc1cccc(N)c1C)C1CC1. The van der Waals surface area contributed by atoms with Crippen molar-refractivity contribution >= 4 is 17.3 Å². The van der Waals surface area contributed by atoms with Crippen molar-refractivity contribution in [2.24, 2.45) is 0 Å². The molecule has 3 N–H and O–H groups in total. The quantitative estimate of drug-likeness (QED) is 0.719. The van der Waals surface area contributed by atoms with Crippen molar-refractivity contribution in [3.8, 4) is 0 Å². The number of ether oxygens (including phenoxy) is 1. The maximum Gasteiger partial charge on any atom is 0.225 e. The first kappa shape index (κ1) is 15.8.